The Bertz CT molecular complexity index is 1160. The fraction of sp³-hybridized carbons (Fsp3) is 0.435. The van der Waals surface area contributed by atoms with Gasteiger partial charge in [-0.25, -0.2) is 8.42 Å². The topological polar surface area (TPSA) is 114 Å². The molecule has 192 valence electrons. The molecule has 35 heavy (non-hydrogen) atoms. The molecule has 0 bridgehead atoms. The number of sulfonamides is 1. The number of benzene rings is 2. The predicted octanol–water partition coefficient (Wildman–Crippen LogP) is 4.66. The van der Waals surface area contributed by atoms with Gasteiger partial charge in [-0.3, -0.25) is 9.52 Å². The van der Waals surface area contributed by atoms with Crippen molar-refractivity contribution in [1.29, 1.82) is 0 Å². The van der Waals surface area contributed by atoms with Crippen LogP contribution in [-0.2, 0) is 14.8 Å². The first kappa shape index (κ1) is 26.6. The summed E-state index contributed by atoms with van der Waals surface area (Å²) >= 11 is 0. The number of carbonyl (C=O) groups excluding carboxylic acids is 1. The summed E-state index contributed by atoms with van der Waals surface area (Å²) in [4.78, 5) is 12.4. The summed E-state index contributed by atoms with van der Waals surface area (Å²) in [5, 5.41) is 12.8. The van der Waals surface area contributed by atoms with E-state index in [1.54, 1.807) is 13.8 Å². The highest BCUT2D eigenvalue weighted by atomic mass is 32.2. The normalized spacial score (nSPS) is 20.7. The number of ether oxygens (including phenoxy) is 2. The second kappa shape index (κ2) is 10.3. The van der Waals surface area contributed by atoms with Crippen LogP contribution in [0.3, 0.4) is 0 Å². The number of hydrogen-bond donors (Lipinski definition) is 3. The maximum Gasteiger partial charge on any atom is 0.573 e. The fourth-order valence-electron chi connectivity index (χ4n) is 3.79. The number of rotatable bonds is 8. The van der Waals surface area contributed by atoms with Crippen molar-refractivity contribution in [2.24, 2.45) is 5.92 Å². The minimum absolute atomic E-state index is 0.0351. The molecular weight excluding hydrogens is 489 g/mol. The average molecular weight is 517 g/mol. The Balaban J connectivity index is 1.78. The van der Waals surface area contributed by atoms with Crippen molar-refractivity contribution >= 4 is 27.3 Å². The van der Waals surface area contributed by atoms with Crippen molar-refractivity contribution in [2.75, 3.05) is 16.6 Å². The summed E-state index contributed by atoms with van der Waals surface area (Å²) in [6, 6.07) is 8.45. The zero-order chi connectivity index (χ0) is 25.9. The summed E-state index contributed by atoms with van der Waals surface area (Å²) < 4.78 is 74.9. The Hall–Kier alpha value is -2.99. The highest BCUT2D eigenvalue weighted by molar-refractivity contribution is 7.92. The van der Waals surface area contributed by atoms with Gasteiger partial charge in [-0.05, 0) is 63.8 Å². The Morgan fingerprint density at radius 1 is 1.14 bits per heavy atom. The first-order valence-electron chi connectivity index (χ1n) is 11.0. The maximum atomic E-state index is 13.0. The number of hydrogen-bond acceptors (Lipinski definition) is 6. The molecule has 0 spiro atoms. The van der Waals surface area contributed by atoms with Crippen molar-refractivity contribution in [2.45, 2.75) is 56.4 Å². The van der Waals surface area contributed by atoms with Gasteiger partial charge in [-0.2, -0.15) is 0 Å². The molecule has 0 aromatic heterocycles. The zero-order valence-electron chi connectivity index (χ0n) is 19.2. The average Bonchev–Trinajstić information content (AvgIpc) is 2.72. The molecule has 8 nitrogen and oxygen atoms in total. The van der Waals surface area contributed by atoms with E-state index in [0.29, 0.717) is 31.4 Å². The lowest BCUT2D eigenvalue weighted by atomic mass is 9.79. The minimum Gasteiger partial charge on any atom is -0.492 e. The first-order valence-corrected chi connectivity index (χ1v) is 12.4. The number of amides is 1. The molecule has 1 amide bonds. The van der Waals surface area contributed by atoms with E-state index in [1.807, 2.05) is 0 Å². The number of aliphatic hydroxyl groups is 1. The van der Waals surface area contributed by atoms with Crippen molar-refractivity contribution in [3.05, 3.63) is 42.5 Å². The standard InChI is InChI=1S/C23H27F3N2O6S/c1-3-33-19-14-16(27-21(29)15-9-11-22(2,30)12-10-15)7-8-20(19)35(31,32)28-17-5-4-6-18(13-17)34-23(24,25)26/h4-8,13-15,28,30H,3,9-12H2,1-2H3,(H,27,29). The number of nitrogens with one attached hydrogen (secondary N) is 2. The number of halogens is 3. The van der Waals surface area contributed by atoms with Gasteiger partial charge in [-0.1, -0.05) is 6.07 Å². The van der Waals surface area contributed by atoms with Crippen LogP contribution in [0.2, 0.25) is 0 Å². The van der Waals surface area contributed by atoms with Crippen LogP contribution in [0, 0.1) is 5.92 Å². The van der Waals surface area contributed by atoms with Gasteiger partial charge in [0.2, 0.25) is 5.91 Å². The predicted molar refractivity (Wildman–Crippen MR) is 123 cm³/mol. The van der Waals surface area contributed by atoms with E-state index in [2.05, 4.69) is 14.8 Å². The first-order chi connectivity index (χ1) is 16.3. The van der Waals surface area contributed by atoms with E-state index in [-0.39, 0.29) is 34.8 Å². The monoisotopic (exact) mass is 516 g/mol. The van der Waals surface area contributed by atoms with E-state index in [0.717, 1.165) is 12.1 Å². The molecule has 0 heterocycles. The largest absolute Gasteiger partial charge is 0.573 e. The number of anilines is 2. The van der Waals surface area contributed by atoms with E-state index < -0.39 is 27.7 Å². The van der Waals surface area contributed by atoms with Crippen LogP contribution in [0.5, 0.6) is 11.5 Å². The second-order valence-electron chi connectivity index (χ2n) is 8.54. The molecule has 1 fully saturated rings. The number of carbonyl (C=O) groups is 1. The Labute approximate surface area is 201 Å². The van der Waals surface area contributed by atoms with Gasteiger partial charge in [0.25, 0.3) is 10.0 Å². The molecule has 0 atom stereocenters. The van der Waals surface area contributed by atoms with Crippen LogP contribution in [-0.4, -0.2) is 38.0 Å². The molecule has 0 unspecified atom stereocenters. The van der Waals surface area contributed by atoms with E-state index in [1.165, 1.54) is 30.3 Å². The highest BCUT2D eigenvalue weighted by Crippen LogP contribution is 2.34. The molecular formula is C23H27F3N2O6S. The van der Waals surface area contributed by atoms with Gasteiger partial charge >= 0.3 is 6.36 Å². The highest BCUT2D eigenvalue weighted by Gasteiger charge is 2.33. The third kappa shape index (κ3) is 7.49. The summed E-state index contributed by atoms with van der Waals surface area (Å²) in [6.07, 6.45) is -2.84. The van der Waals surface area contributed by atoms with Crippen LogP contribution < -0.4 is 19.5 Å². The van der Waals surface area contributed by atoms with Crippen LogP contribution in [0.25, 0.3) is 0 Å². The molecule has 3 N–H and O–H groups in total. The van der Waals surface area contributed by atoms with Gasteiger partial charge in [0, 0.05) is 23.7 Å². The molecule has 2 aromatic carbocycles. The van der Waals surface area contributed by atoms with Crippen LogP contribution in [0.4, 0.5) is 24.5 Å². The van der Waals surface area contributed by atoms with Crippen LogP contribution >= 0.6 is 0 Å². The smallest absolute Gasteiger partial charge is 0.492 e. The fourth-order valence-corrected chi connectivity index (χ4v) is 4.97. The van der Waals surface area contributed by atoms with Crippen LogP contribution in [0.15, 0.2) is 47.4 Å². The lowest BCUT2D eigenvalue weighted by Crippen LogP contribution is -2.35. The molecule has 2 aromatic rings. The van der Waals surface area contributed by atoms with Gasteiger partial charge in [0.1, 0.15) is 16.4 Å². The summed E-state index contributed by atoms with van der Waals surface area (Å²) in [6.45, 7) is 3.52. The van der Waals surface area contributed by atoms with Crippen molar-refractivity contribution in [1.82, 2.24) is 0 Å². The van der Waals surface area contributed by atoms with E-state index >= 15 is 0 Å². The van der Waals surface area contributed by atoms with Crippen LogP contribution in [0.1, 0.15) is 39.5 Å². The molecule has 12 heteroatoms. The van der Waals surface area contributed by atoms with Crippen molar-refractivity contribution < 1.29 is 41.0 Å². The third-order valence-electron chi connectivity index (χ3n) is 5.55. The molecule has 0 radical (unpaired) electrons. The lowest BCUT2D eigenvalue weighted by Gasteiger charge is -2.32. The van der Waals surface area contributed by atoms with Gasteiger partial charge in [-0.15, -0.1) is 13.2 Å². The molecule has 1 aliphatic carbocycles. The summed E-state index contributed by atoms with van der Waals surface area (Å²) in [7, 11) is -4.26. The van der Waals surface area contributed by atoms with Gasteiger partial charge in [0.15, 0.2) is 0 Å². The SMILES string of the molecule is CCOc1cc(NC(=O)C2CCC(C)(O)CC2)ccc1S(=O)(=O)Nc1cccc(OC(F)(F)F)c1. The minimum atomic E-state index is -4.92. The van der Waals surface area contributed by atoms with Crippen molar-refractivity contribution in [3.8, 4) is 11.5 Å². The molecule has 0 aliphatic heterocycles. The third-order valence-corrected chi connectivity index (χ3v) is 6.97. The summed E-state index contributed by atoms with van der Waals surface area (Å²) in [5.74, 6) is -1.13. The molecule has 1 saturated carbocycles. The van der Waals surface area contributed by atoms with E-state index in [9.17, 15) is 31.5 Å². The Kier molecular flexibility index (Phi) is 7.85. The van der Waals surface area contributed by atoms with Gasteiger partial charge < -0.3 is 19.9 Å². The quantitative estimate of drug-likeness (QED) is 0.470. The molecule has 0 saturated heterocycles. The lowest BCUT2D eigenvalue weighted by molar-refractivity contribution is -0.274. The number of alkyl halides is 3. The maximum absolute atomic E-state index is 13.0. The zero-order valence-corrected chi connectivity index (χ0v) is 20.0. The Morgan fingerprint density at radius 3 is 2.46 bits per heavy atom. The van der Waals surface area contributed by atoms with E-state index in [4.69, 9.17) is 4.74 Å². The second-order valence-corrected chi connectivity index (χ2v) is 10.2. The Morgan fingerprint density at radius 2 is 1.83 bits per heavy atom. The van der Waals surface area contributed by atoms with Crippen molar-refractivity contribution in [3.63, 3.8) is 0 Å². The summed E-state index contributed by atoms with van der Waals surface area (Å²) in [5.41, 5.74) is -0.588. The molecule has 3 rings (SSSR count). The molecule has 1 aliphatic rings. The van der Waals surface area contributed by atoms with Gasteiger partial charge in [0.05, 0.1) is 17.9 Å².